The van der Waals surface area contributed by atoms with Gasteiger partial charge in [0.25, 0.3) is 0 Å². The smallest absolute Gasteiger partial charge is 0.198 e. The van der Waals surface area contributed by atoms with Crippen molar-refractivity contribution in [3.63, 3.8) is 0 Å². The van der Waals surface area contributed by atoms with E-state index in [9.17, 15) is 5.11 Å². The number of ketones is 2. The SMILES string of the molecule is CCC1CN2CC1CC2[C@H](Oc1ccc(O[C@H](c2ccnc3ccc(OC)cc23)C2CC3CN2CC3CC)c2c1C(=O)c1ccc(-c3ccc(O)cc3)cc1C2=O)c1ccnc2ccc(OC)cc12. The van der Waals surface area contributed by atoms with Crippen LogP contribution in [0.15, 0.2) is 116 Å². The number of carbonyl (C=O) groups excluding carboxylic acids is 2. The second kappa shape index (κ2) is 17.3. The molecule has 5 aliphatic rings. The van der Waals surface area contributed by atoms with Gasteiger partial charge in [0.1, 0.15) is 41.0 Å². The predicted octanol–water partition coefficient (Wildman–Crippen LogP) is 10.6. The highest BCUT2D eigenvalue weighted by atomic mass is 16.5. The molecule has 0 saturated carbocycles. The number of ether oxygens (including phenoxy) is 4. The van der Waals surface area contributed by atoms with E-state index < -0.39 is 12.2 Å². The van der Waals surface area contributed by atoms with Crippen LogP contribution in [0, 0.1) is 23.7 Å². The number of rotatable bonds is 13. The number of hydrogen-bond acceptors (Lipinski definition) is 11. The zero-order valence-corrected chi connectivity index (χ0v) is 39.4. The van der Waals surface area contributed by atoms with Crippen LogP contribution in [0.3, 0.4) is 0 Å². The number of carbonyl (C=O) groups is 2. The lowest BCUT2D eigenvalue weighted by Crippen LogP contribution is -2.40. The van der Waals surface area contributed by atoms with Gasteiger partial charge in [0.05, 0.1) is 48.5 Å². The molecule has 2 aromatic heterocycles. The van der Waals surface area contributed by atoms with E-state index in [1.54, 1.807) is 50.6 Å². The lowest BCUT2D eigenvalue weighted by atomic mass is 9.81. The van der Waals surface area contributed by atoms with Crippen molar-refractivity contribution >= 4 is 33.4 Å². The Balaban J connectivity index is 1.03. The van der Waals surface area contributed by atoms with Crippen LogP contribution in [-0.2, 0) is 0 Å². The second-order valence-corrected chi connectivity index (χ2v) is 19.8. The molecular weight excluding hydrogens is 865 g/mol. The summed E-state index contributed by atoms with van der Waals surface area (Å²) in [6, 6.07) is 31.8. The van der Waals surface area contributed by atoms with Gasteiger partial charge in [-0.3, -0.25) is 29.4 Å². The molecule has 4 bridgehead atoms. The number of benzene rings is 5. The summed E-state index contributed by atoms with van der Waals surface area (Å²) in [6.07, 6.45) is 6.75. The molecule has 5 aromatic carbocycles. The van der Waals surface area contributed by atoms with Crippen molar-refractivity contribution in [1.29, 1.82) is 0 Å². The molecule has 8 unspecified atom stereocenters. The summed E-state index contributed by atoms with van der Waals surface area (Å²) in [5.74, 6) is 3.91. The van der Waals surface area contributed by atoms with Crippen molar-refractivity contribution in [2.24, 2.45) is 23.7 Å². The van der Waals surface area contributed by atoms with E-state index in [4.69, 9.17) is 28.9 Å². The molecule has 69 heavy (non-hydrogen) atoms. The topological polar surface area (TPSA) is 124 Å². The third kappa shape index (κ3) is 7.31. The highest BCUT2D eigenvalue weighted by molar-refractivity contribution is 6.30. The molecule has 10 atom stereocenters. The van der Waals surface area contributed by atoms with Crippen molar-refractivity contribution in [2.75, 3.05) is 40.4 Å². The van der Waals surface area contributed by atoms with Gasteiger partial charge in [0.2, 0.25) is 0 Å². The highest BCUT2D eigenvalue weighted by Crippen LogP contribution is 2.50. The quantitative estimate of drug-likeness (QED) is 0.119. The van der Waals surface area contributed by atoms with Gasteiger partial charge >= 0.3 is 0 Å². The molecule has 7 aromatic rings. The maximum atomic E-state index is 15.6. The molecule has 4 aliphatic heterocycles. The van der Waals surface area contributed by atoms with E-state index in [2.05, 4.69) is 23.6 Å². The fourth-order valence-corrected chi connectivity index (χ4v) is 12.8. The number of phenolic OH excluding ortho intramolecular Hbond substituents is 1. The Morgan fingerprint density at radius 2 is 1.07 bits per heavy atom. The maximum Gasteiger partial charge on any atom is 0.198 e. The van der Waals surface area contributed by atoms with Crippen LogP contribution >= 0.6 is 0 Å². The van der Waals surface area contributed by atoms with Crippen molar-refractivity contribution < 1.29 is 33.6 Å². The van der Waals surface area contributed by atoms with Crippen LogP contribution in [0.1, 0.15) is 94.7 Å². The third-order valence-electron chi connectivity index (χ3n) is 16.4. The first-order valence-corrected chi connectivity index (χ1v) is 24.6. The fourth-order valence-electron chi connectivity index (χ4n) is 12.8. The standard InChI is InChI=1S/C58H56N4O7/c1-5-32-28-61-30-36(32)24-49(61)57(42-19-21-59-47-15-12-39(66-3)26-44(42)47)68-51-17-18-52(54-53(51)55(64)41-14-9-35(23-46(41)56(54)65)34-7-10-38(63)11-8-34)69-58(50-25-37-31-62(50)29-33(37)6-2)43-20-22-60-48-16-13-40(67-4)27-45(43)48/h7-23,26-27,32-33,36-37,49-50,57-58,63H,5-6,24-25,28-31H2,1-4H3/t32?,33?,36?,37?,49?,50?,57-,58-/m1/s1. The van der Waals surface area contributed by atoms with Crippen LogP contribution in [0.25, 0.3) is 32.9 Å². The van der Waals surface area contributed by atoms with Crippen molar-refractivity contribution in [1.82, 2.24) is 19.8 Å². The van der Waals surface area contributed by atoms with Crippen LogP contribution in [-0.4, -0.2) is 88.9 Å². The van der Waals surface area contributed by atoms with E-state index in [-0.39, 0.29) is 40.5 Å². The molecule has 350 valence electrons. The van der Waals surface area contributed by atoms with Gasteiger partial charge < -0.3 is 24.1 Å². The molecule has 4 fully saturated rings. The Morgan fingerprint density at radius 3 is 1.54 bits per heavy atom. The number of methoxy groups -OCH3 is 2. The summed E-state index contributed by atoms with van der Waals surface area (Å²) in [7, 11) is 3.33. The number of nitrogens with zero attached hydrogens (tertiary/aromatic N) is 4. The van der Waals surface area contributed by atoms with Crippen molar-refractivity contribution in [3.8, 4) is 39.9 Å². The molecule has 0 spiro atoms. The van der Waals surface area contributed by atoms with Gasteiger partial charge in [0, 0.05) is 71.6 Å². The number of aromatic nitrogens is 2. The van der Waals surface area contributed by atoms with E-state index >= 15 is 9.59 Å². The molecule has 0 amide bonds. The molecule has 4 saturated heterocycles. The Bertz CT molecular complexity index is 3170. The van der Waals surface area contributed by atoms with E-state index in [0.717, 1.165) is 95.9 Å². The molecule has 0 radical (unpaired) electrons. The zero-order valence-electron chi connectivity index (χ0n) is 39.4. The van der Waals surface area contributed by atoms with Gasteiger partial charge in [-0.05, 0) is 133 Å². The summed E-state index contributed by atoms with van der Waals surface area (Å²) < 4.78 is 26.3. The summed E-state index contributed by atoms with van der Waals surface area (Å²) in [6.45, 7) is 8.48. The molecule has 12 rings (SSSR count). The van der Waals surface area contributed by atoms with Crippen LogP contribution in [0.2, 0.25) is 0 Å². The molecular formula is C58H56N4O7. The molecule has 11 heteroatoms. The number of piperidine rings is 2. The minimum absolute atomic E-state index is 0.00378. The minimum Gasteiger partial charge on any atom is -0.508 e. The number of hydrogen-bond donors (Lipinski definition) is 1. The molecule has 1 N–H and O–H groups in total. The van der Waals surface area contributed by atoms with Crippen LogP contribution in [0.5, 0.6) is 28.7 Å². The average molecular weight is 921 g/mol. The number of pyridine rings is 2. The Labute approximate surface area is 402 Å². The summed E-state index contributed by atoms with van der Waals surface area (Å²) in [5.41, 5.74) is 6.06. The number of fused-ring (bicyclic) bond motifs is 8. The lowest BCUT2D eigenvalue weighted by molar-refractivity contribution is 0.0719. The summed E-state index contributed by atoms with van der Waals surface area (Å²) in [4.78, 5) is 45.7. The van der Waals surface area contributed by atoms with E-state index in [1.165, 1.54) is 0 Å². The maximum absolute atomic E-state index is 15.6. The molecule has 1 aliphatic carbocycles. The number of phenols is 1. The van der Waals surface area contributed by atoms with Crippen molar-refractivity contribution in [2.45, 2.75) is 63.8 Å². The number of aromatic hydroxyl groups is 1. The Morgan fingerprint density at radius 1 is 0.580 bits per heavy atom. The van der Waals surface area contributed by atoms with E-state index in [1.807, 2.05) is 79.1 Å². The summed E-state index contributed by atoms with van der Waals surface area (Å²) in [5, 5.41) is 11.9. The van der Waals surface area contributed by atoms with Gasteiger partial charge in [-0.15, -0.1) is 0 Å². The van der Waals surface area contributed by atoms with Gasteiger partial charge in [0.15, 0.2) is 11.6 Å². The fraction of sp³-hybridized carbons (Fsp3) is 0.345. The first kappa shape index (κ1) is 43.5. The van der Waals surface area contributed by atoms with E-state index in [0.29, 0.717) is 57.8 Å². The first-order chi connectivity index (χ1) is 33.7. The van der Waals surface area contributed by atoms with Gasteiger partial charge in [-0.1, -0.05) is 44.9 Å². The first-order valence-electron chi connectivity index (χ1n) is 24.6. The third-order valence-corrected chi connectivity index (χ3v) is 16.4. The lowest BCUT2D eigenvalue weighted by Gasteiger charge is -2.37. The monoisotopic (exact) mass is 920 g/mol. The second-order valence-electron chi connectivity index (χ2n) is 19.8. The van der Waals surface area contributed by atoms with Crippen LogP contribution < -0.4 is 18.9 Å². The van der Waals surface area contributed by atoms with Gasteiger partial charge in [-0.25, -0.2) is 0 Å². The highest BCUT2D eigenvalue weighted by Gasteiger charge is 2.50. The molecule has 6 heterocycles. The zero-order chi connectivity index (χ0) is 47.1. The largest absolute Gasteiger partial charge is 0.508 e. The predicted molar refractivity (Wildman–Crippen MR) is 265 cm³/mol. The van der Waals surface area contributed by atoms with Crippen molar-refractivity contribution in [3.05, 3.63) is 149 Å². The molecule has 11 nitrogen and oxygen atoms in total. The normalized spacial score (nSPS) is 25.2. The van der Waals surface area contributed by atoms with Crippen LogP contribution in [0.4, 0.5) is 0 Å². The minimum atomic E-state index is -0.520. The average Bonchev–Trinajstić information content (AvgIpc) is 4.21. The Kier molecular flexibility index (Phi) is 10.9. The van der Waals surface area contributed by atoms with Gasteiger partial charge in [-0.2, -0.15) is 0 Å². The summed E-state index contributed by atoms with van der Waals surface area (Å²) >= 11 is 0. The Hall–Kier alpha value is -6.82.